The van der Waals surface area contributed by atoms with Crippen molar-refractivity contribution >= 4 is 42.2 Å². The van der Waals surface area contributed by atoms with Crippen molar-refractivity contribution in [2.24, 2.45) is 0 Å². The minimum Gasteiger partial charge on any atom is -0.744 e. The summed E-state index contributed by atoms with van der Waals surface area (Å²) in [5, 5.41) is 0.612. The summed E-state index contributed by atoms with van der Waals surface area (Å²) >= 11 is 0. The van der Waals surface area contributed by atoms with Crippen LogP contribution < -0.4 is 29.8 Å². The Labute approximate surface area is 377 Å². The predicted molar refractivity (Wildman–Crippen MR) is 236 cm³/mol. The Balaban J connectivity index is -0.0000000810. The second kappa shape index (κ2) is 34.6. The average Bonchev–Trinajstić information content (AvgIpc) is 3.10. The van der Waals surface area contributed by atoms with E-state index in [1.165, 1.54) is 65.2 Å². The SMILES string of the molecule is COc1ccc2c(=O)c(-c3ccc(OC)c(S(=O)(=O)[O-])c3)coc2c1.COc1ccc2c(=O)c(-c3ccc(OC)c(S(=O)(=O)[O-])c3)coc2c1.O.O.O.O.O.O.O.O.[Ni+2].[OH3+].[OH3+].[OH3+].[OH3+].[OH3+].[OH3+]. The molecule has 31 heteroatoms. The van der Waals surface area contributed by atoms with E-state index in [4.69, 9.17) is 27.8 Å². The first-order chi connectivity index (χ1) is 23.7. The van der Waals surface area contributed by atoms with E-state index in [1.807, 2.05) is 0 Å². The van der Waals surface area contributed by atoms with E-state index in [0.29, 0.717) is 33.4 Å². The van der Waals surface area contributed by atoms with Crippen LogP contribution in [0.3, 0.4) is 0 Å². The molecule has 34 N–H and O–H groups in total. The number of benzene rings is 4. The zero-order valence-electron chi connectivity index (χ0n) is 34.4. The molecule has 0 saturated heterocycles. The average molecular weight is 1040 g/mol. The summed E-state index contributed by atoms with van der Waals surface area (Å²) in [5.41, 5.74) is 0.682. The van der Waals surface area contributed by atoms with Crippen molar-refractivity contribution in [1.29, 1.82) is 0 Å². The summed E-state index contributed by atoms with van der Waals surface area (Å²) < 4.78 is 99.4. The van der Waals surface area contributed by atoms with Crippen LogP contribution in [0.5, 0.6) is 23.0 Å². The summed E-state index contributed by atoms with van der Waals surface area (Å²) in [6.07, 6.45) is 2.43. The van der Waals surface area contributed by atoms with E-state index >= 15 is 0 Å². The summed E-state index contributed by atoms with van der Waals surface area (Å²) in [7, 11) is -4.03. The van der Waals surface area contributed by atoms with Crippen LogP contribution in [0, 0.1) is 0 Å². The fourth-order valence-corrected chi connectivity index (χ4v) is 6.29. The fraction of sp³-hybridized carbons (Fsp3) is 0.118. The van der Waals surface area contributed by atoms with Gasteiger partial charge in [-0.25, -0.2) is 16.8 Å². The van der Waals surface area contributed by atoms with Gasteiger partial charge < -0.3 is 114 Å². The molecule has 0 amide bonds. The first kappa shape index (κ1) is 86.4. The molecule has 0 fully saturated rings. The fourth-order valence-electron chi connectivity index (χ4n) is 4.95. The van der Waals surface area contributed by atoms with Gasteiger partial charge in [-0.3, -0.25) is 9.59 Å². The van der Waals surface area contributed by atoms with Crippen molar-refractivity contribution in [1.82, 2.24) is 0 Å². The van der Waals surface area contributed by atoms with Gasteiger partial charge in [-0.05, 0) is 59.7 Å². The molecule has 65 heavy (non-hydrogen) atoms. The van der Waals surface area contributed by atoms with Gasteiger partial charge in [-0.2, -0.15) is 0 Å². The number of methoxy groups -OCH3 is 4. The van der Waals surface area contributed by atoms with Crippen molar-refractivity contribution in [3.8, 4) is 45.3 Å². The smallest absolute Gasteiger partial charge is 0.744 e. The molecule has 0 unspecified atom stereocenters. The Morgan fingerprint density at radius 3 is 0.985 bits per heavy atom. The topological polar surface area (TPSA) is 662 Å². The van der Waals surface area contributed by atoms with Gasteiger partial charge in [-0.15, -0.1) is 0 Å². The summed E-state index contributed by atoms with van der Waals surface area (Å²) in [6.45, 7) is 0. The molecular weight excluding hydrogens is 979 g/mol. The maximum atomic E-state index is 12.7. The zero-order chi connectivity index (χ0) is 36.4. The molecule has 28 nitrogen and oxygen atoms in total. The summed E-state index contributed by atoms with van der Waals surface area (Å²) in [4.78, 5) is 24.3. The molecule has 0 aliphatic heterocycles. The molecule has 0 spiro atoms. The third-order valence-electron chi connectivity index (χ3n) is 7.45. The molecule has 0 radical (unpaired) electrons. The van der Waals surface area contributed by atoms with Crippen LogP contribution in [-0.2, 0) is 69.6 Å². The Morgan fingerprint density at radius 1 is 0.446 bits per heavy atom. The predicted octanol–water partition coefficient (Wildman–Crippen LogP) is -7.37. The van der Waals surface area contributed by atoms with E-state index in [9.17, 15) is 35.5 Å². The van der Waals surface area contributed by atoms with Crippen molar-refractivity contribution in [2.45, 2.75) is 9.79 Å². The van der Waals surface area contributed by atoms with Crippen LogP contribution in [-0.4, -0.2) is 98.2 Å². The van der Waals surface area contributed by atoms with E-state index in [0.717, 1.165) is 12.1 Å². The quantitative estimate of drug-likeness (QED) is 0.0777. The molecule has 4 aromatic carbocycles. The van der Waals surface area contributed by atoms with Gasteiger partial charge in [-0.1, -0.05) is 12.1 Å². The Hall–Kier alpha value is -5.75. The largest absolute Gasteiger partial charge is 2.00 e. The van der Waals surface area contributed by atoms with Gasteiger partial charge in [0.1, 0.15) is 66.9 Å². The van der Waals surface area contributed by atoms with E-state index < -0.39 is 30.0 Å². The van der Waals surface area contributed by atoms with Crippen LogP contribution in [0.15, 0.2) is 114 Å². The van der Waals surface area contributed by atoms with Crippen LogP contribution in [0.4, 0.5) is 0 Å². The molecule has 0 saturated carbocycles. The van der Waals surface area contributed by atoms with E-state index in [2.05, 4.69) is 0 Å². The second-order valence-electron chi connectivity index (χ2n) is 10.3. The number of rotatable bonds is 8. The van der Waals surface area contributed by atoms with Gasteiger partial charge >= 0.3 is 16.5 Å². The molecule has 2 aromatic heterocycles. The van der Waals surface area contributed by atoms with Crippen LogP contribution >= 0.6 is 0 Å². The number of hydrogen-bond acceptors (Lipinski definition) is 14. The van der Waals surface area contributed by atoms with Crippen molar-refractivity contribution < 1.29 is 147 Å². The summed E-state index contributed by atoms with van der Waals surface area (Å²) in [6, 6.07) is 17.3. The van der Waals surface area contributed by atoms with E-state index in [1.54, 1.807) is 36.4 Å². The Morgan fingerprint density at radius 2 is 0.738 bits per heavy atom. The third kappa shape index (κ3) is 18.3. The van der Waals surface area contributed by atoms with Gasteiger partial charge in [0.25, 0.3) is 0 Å². The Kier molecular flexibility index (Phi) is 46.0. The molecule has 0 aliphatic rings. The molecule has 6 rings (SSSR count). The maximum absolute atomic E-state index is 12.7. The van der Waals surface area contributed by atoms with Crippen LogP contribution in [0.25, 0.3) is 44.2 Å². The third-order valence-corrected chi connectivity index (χ3v) is 9.17. The number of hydrogen-bond donors (Lipinski definition) is 0. The second-order valence-corrected chi connectivity index (χ2v) is 13.0. The number of fused-ring (bicyclic) bond motifs is 2. The molecule has 380 valence electrons. The molecule has 0 bridgehead atoms. The van der Waals surface area contributed by atoms with Gasteiger partial charge in [0.2, 0.25) is 0 Å². The van der Waals surface area contributed by atoms with Gasteiger partial charge in [0.05, 0.1) is 60.1 Å². The molecule has 2 heterocycles. The van der Waals surface area contributed by atoms with Crippen LogP contribution in [0.1, 0.15) is 0 Å². The normalized spacial score (nSPS) is 8.83. The zero-order valence-corrected chi connectivity index (χ0v) is 37.0. The minimum absolute atomic E-state index is 0. The van der Waals surface area contributed by atoms with E-state index in [-0.39, 0.29) is 138 Å². The summed E-state index contributed by atoms with van der Waals surface area (Å²) in [5.74, 6) is 0.891. The first-order valence-corrected chi connectivity index (χ1v) is 17.0. The Bertz CT molecular complexity index is 2440. The van der Waals surface area contributed by atoms with Gasteiger partial charge in [0.15, 0.2) is 10.9 Å². The molecule has 0 atom stereocenters. The molecular formula is C34H60NiO28S2+6. The van der Waals surface area contributed by atoms with Crippen molar-refractivity contribution in [3.05, 3.63) is 106 Å². The van der Waals surface area contributed by atoms with Crippen molar-refractivity contribution in [2.75, 3.05) is 28.4 Å². The number of ether oxygens (including phenoxy) is 4. The maximum Gasteiger partial charge on any atom is 2.00 e. The minimum atomic E-state index is -4.76. The van der Waals surface area contributed by atoms with Crippen molar-refractivity contribution in [3.63, 3.8) is 0 Å². The first-order valence-electron chi connectivity index (χ1n) is 14.2. The van der Waals surface area contributed by atoms with Crippen LogP contribution in [0.2, 0.25) is 0 Å². The monoisotopic (exact) mass is 1040 g/mol. The van der Waals surface area contributed by atoms with Gasteiger partial charge in [0, 0.05) is 12.1 Å². The molecule has 0 aliphatic carbocycles. The standard InChI is InChI=1S/2C17H14O7S.Ni.14H2O/c2*1-22-11-4-5-12-15(8-11)24-9-13(17(12)18)10-3-6-14(23-2)16(7-10)25(19,20)21;;;;;;;;;;;;;;;/h2*3-9H,1-2H3,(H,19,20,21);;14*1H2/q;;+2;;;;;;;;;;;;;;/p+4. The molecule has 6 aromatic rings.